The molecule has 0 aliphatic carbocycles. The molecule has 140 valence electrons. The normalized spacial score (nSPS) is 10.7. The molecule has 0 heterocycles. The number of anilines is 1. The van der Waals surface area contributed by atoms with Crippen LogP contribution in [0.4, 0.5) is 5.69 Å². The fourth-order valence-corrected chi connectivity index (χ4v) is 2.84. The zero-order chi connectivity index (χ0) is 18.9. The van der Waals surface area contributed by atoms with Crippen molar-refractivity contribution >= 4 is 11.6 Å². The third-order valence-corrected chi connectivity index (χ3v) is 4.11. The molecule has 0 bridgehead atoms. The Kier molecular flexibility index (Phi) is 7.52. The van der Waals surface area contributed by atoms with Gasteiger partial charge in [-0.3, -0.25) is 4.79 Å². The van der Waals surface area contributed by atoms with Crippen molar-refractivity contribution in [2.24, 2.45) is 0 Å². The molecule has 26 heavy (non-hydrogen) atoms. The number of ether oxygens (including phenoxy) is 2. The van der Waals surface area contributed by atoms with E-state index in [-0.39, 0.29) is 5.91 Å². The molecular weight excluding hydrogens is 326 g/mol. The van der Waals surface area contributed by atoms with Gasteiger partial charge in [-0.25, -0.2) is 0 Å². The molecule has 0 aliphatic rings. The van der Waals surface area contributed by atoms with Gasteiger partial charge >= 0.3 is 0 Å². The van der Waals surface area contributed by atoms with Crippen molar-refractivity contribution in [2.45, 2.75) is 46.5 Å². The van der Waals surface area contributed by atoms with Crippen molar-refractivity contribution in [3.8, 4) is 11.5 Å². The number of benzene rings is 2. The van der Waals surface area contributed by atoms with E-state index in [0.29, 0.717) is 32.0 Å². The lowest BCUT2D eigenvalue weighted by Crippen LogP contribution is -2.14. The first-order valence-electron chi connectivity index (χ1n) is 9.32. The van der Waals surface area contributed by atoms with Crippen LogP contribution in [0.2, 0.25) is 0 Å². The second-order valence-electron chi connectivity index (χ2n) is 6.44. The quantitative estimate of drug-likeness (QED) is 0.674. The Morgan fingerprint density at radius 1 is 1.00 bits per heavy atom. The van der Waals surface area contributed by atoms with Gasteiger partial charge in [-0.15, -0.1) is 0 Å². The Hall–Kier alpha value is -2.49. The van der Waals surface area contributed by atoms with Crippen LogP contribution in [0.25, 0.3) is 0 Å². The number of carbonyl (C=O) groups excluding carboxylic acids is 1. The van der Waals surface area contributed by atoms with E-state index in [0.717, 1.165) is 28.3 Å². The van der Waals surface area contributed by atoms with Crippen LogP contribution in [0.5, 0.6) is 11.5 Å². The van der Waals surface area contributed by atoms with Crippen molar-refractivity contribution in [1.82, 2.24) is 0 Å². The molecule has 0 aliphatic heterocycles. The third-order valence-electron chi connectivity index (χ3n) is 4.11. The molecule has 2 aromatic rings. The molecule has 1 amide bonds. The maximum absolute atomic E-state index is 12.4. The topological polar surface area (TPSA) is 47.6 Å². The molecule has 2 aromatic carbocycles. The summed E-state index contributed by atoms with van der Waals surface area (Å²) in [7, 11) is 0. The van der Waals surface area contributed by atoms with Crippen molar-refractivity contribution < 1.29 is 14.3 Å². The molecule has 0 aromatic heterocycles. The van der Waals surface area contributed by atoms with E-state index in [1.54, 1.807) is 0 Å². The molecule has 0 saturated carbocycles. The molecule has 0 atom stereocenters. The molecule has 2 rings (SSSR count). The predicted octanol–water partition coefficient (Wildman–Crippen LogP) is 5.18. The van der Waals surface area contributed by atoms with Crippen LogP contribution in [0.1, 0.15) is 51.2 Å². The molecule has 0 fully saturated rings. The van der Waals surface area contributed by atoms with Gasteiger partial charge in [-0.1, -0.05) is 38.1 Å². The Morgan fingerprint density at radius 3 is 2.38 bits per heavy atom. The van der Waals surface area contributed by atoms with Crippen LogP contribution < -0.4 is 14.8 Å². The summed E-state index contributed by atoms with van der Waals surface area (Å²) < 4.78 is 11.2. The van der Waals surface area contributed by atoms with Gasteiger partial charge in [0.1, 0.15) is 0 Å². The Balaban J connectivity index is 2.00. The van der Waals surface area contributed by atoms with Gasteiger partial charge in [0.15, 0.2) is 11.5 Å². The van der Waals surface area contributed by atoms with E-state index >= 15 is 0 Å². The van der Waals surface area contributed by atoms with Gasteiger partial charge in [0.25, 0.3) is 0 Å². The molecule has 4 heteroatoms. The van der Waals surface area contributed by atoms with Gasteiger partial charge in [0.2, 0.25) is 5.91 Å². The van der Waals surface area contributed by atoms with E-state index in [2.05, 4.69) is 25.2 Å². The second-order valence-corrected chi connectivity index (χ2v) is 6.44. The minimum Gasteiger partial charge on any atom is -0.490 e. The summed E-state index contributed by atoms with van der Waals surface area (Å²) in [6.07, 6.45) is 1.08. The highest BCUT2D eigenvalue weighted by Crippen LogP contribution is 2.29. The lowest BCUT2D eigenvalue weighted by Gasteiger charge is -2.14. The van der Waals surface area contributed by atoms with E-state index in [1.807, 2.05) is 50.2 Å². The summed E-state index contributed by atoms with van der Waals surface area (Å²) in [6, 6.07) is 13.8. The van der Waals surface area contributed by atoms with E-state index < -0.39 is 0 Å². The maximum atomic E-state index is 12.4. The molecule has 0 unspecified atom stereocenters. The van der Waals surface area contributed by atoms with Gasteiger partial charge in [-0.2, -0.15) is 0 Å². The maximum Gasteiger partial charge on any atom is 0.224 e. The number of hydrogen-bond acceptors (Lipinski definition) is 3. The number of nitrogens with one attached hydrogen (secondary N) is 1. The minimum atomic E-state index is 0.0185. The van der Waals surface area contributed by atoms with E-state index in [9.17, 15) is 4.79 Å². The third kappa shape index (κ3) is 5.51. The highest BCUT2D eigenvalue weighted by Gasteiger charge is 2.11. The molecule has 0 radical (unpaired) electrons. The van der Waals surface area contributed by atoms with E-state index in [1.165, 1.54) is 0 Å². The van der Waals surface area contributed by atoms with Gasteiger partial charge < -0.3 is 14.8 Å². The number of amides is 1. The van der Waals surface area contributed by atoms with Crippen molar-refractivity contribution in [2.75, 3.05) is 18.5 Å². The van der Waals surface area contributed by atoms with E-state index in [4.69, 9.17) is 9.47 Å². The SMILES string of the molecule is CCOc1ccc(CCC(=O)Nc2ccccc2C(C)C)cc1OCC. The summed E-state index contributed by atoms with van der Waals surface area (Å²) in [5, 5.41) is 3.04. The molecular formula is C22H29NO3. The van der Waals surface area contributed by atoms with Crippen LogP contribution in [-0.4, -0.2) is 19.1 Å². The zero-order valence-corrected chi connectivity index (χ0v) is 16.2. The highest BCUT2D eigenvalue weighted by atomic mass is 16.5. The highest BCUT2D eigenvalue weighted by molar-refractivity contribution is 5.91. The average molecular weight is 355 g/mol. The van der Waals surface area contributed by atoms with Gasteiger partial charge in [0.05, 0.1) is 13.2 Å². The number of aryl methyl sites for hydroxylation is 1. The molecule has 1 N–H and O–H groups in total. The second kappa shape index (κ2) is 9.85. The monoisotopic (exact) mass is 355 g/mol. The number of para-hydroxylation sites is 1. The van der Waals surface area contributed by atoms with Crippen LogP contribution in [0, 0.1) is 0 Å². The Morgan fingerprint density at radius 2 is 1.69 bits per heavy atom. The van der Waals surface area contributed by atoms with Crippen LogP contribution in [0.3, 0.4) is 0 Å². The standard InChI is InChI=1S/C22H29NO3/c1-5-25-20-13-11-17(15-21(20)26-6-2)12-14-22(24)23-19-10-8-7-9-18(19)16(3)4/h7-11,13,15-16H,5-6,12,14H2,1-4H3,(H,23,24). The zero-order valence-electron chi connectivity index (χ0n) is 16.2. The lowest BCUT2D eigenvalue weighted by molar-refractivity contribution is -0.116. The van der Waals surface area contributed by atoms with Crippen LogP contribution in [-0.2, 0) is 11.2 Å². The predicted molar refractivity (Wildman–Crippen MR) is 106 cm³/mol. The molecule has 0 saturated heterocycles. The van der Waals surface area contributed by atoms with Gasteiger partial charge in [0, 0.05) is 12.1 Å². The fourth-order valence-electron chi connectivity index (χ4n) is 2.84. The first-order chi connectivity index (χ1) is 12.5. The lowest BCUT2D eigenvalue weighted by atomic mass is 10.0. The number of rotatable bonds is 9. The summed E-state index contributed by atoms with van der Waals surface area (Å²) in [4.78, 5) is 12.4. The number of hydrogen-bond donors (Lipinski definition) is 1. The first-order valence-corrected chi connectivity index (χ1v) is 9.32. The number of carbonyl (C=O) groups is 1. The minimum absolute atomic E-state index is 0.0185. The summed E-state index contributed by atoms with van der Waals surface area (Å²) in [6.45, 7) is 9.32. The average Bonchev–Trinajstić information content (AvgIpc) is 2.62. The van der Waals surface area contributed by atoms with Gasteiger partial charge in [-0.05, 0) is 55.5 Å². The van der Waals surface area contributed by atoms with Crippen LogP contribution >= 0.6 is 0 Å². The van der Waals surface area contributed by atoms with Crippen molar-refractivity contribution in [1.29, 1.82) is 0 Å². The summed E-state index contributed by atoms with van der Waals surface area (Å²) in [5.74, 6) is 1.86. The first kappa shape index (κ1) is 19.8. The molecule has 4 nitrogen and oxygen atoms in total. The van der Waals surface area contributed by atoms with Crippen molar-refractivity contribution in [3.63, 3.8) is 0 Å². The van der Waals surface area contributed by atoms with Crippen LogP contribution in [0.15, 0.2) is 42.5 Å². The molecule has 0 spiro atoms. The smallest absolute Gasteiger partial charge is 0.224 e. The van der Waals surface area contributed by atoms with Crippen molar-refractivity contribution in [3.05, 3.63) is 53.6 Å². The summed E-state index contributed by atoms with van der Waals surface area (Å²) >= 11 is 0. The Labute approximate surface area is 156 Å². The fraction of sp³-hybridized carbons (Fsp3) is 0.409. The largest absolute Gasteiger partial charge is 0.490 e. The Bertz CT molecular complexity index is 725. The summed E-state index contributed by atoms with van der Waals surface area (Å²) in [5.41, 5.74) is 3.11.